The van der Waals surface area contributed by atoms with Crippen molar-refractivity contribution in [1.29, 1.82) is 0 Å². The number of hydrogen-bond donors (Lipinski definition) is 2. The van der Waals surface area contributed by atoms with Gasteiger partial charge < -0.3 is 15.5 Å². The molecule has 19 heavy (non-hydrogen) atoms. The van der Waals surface area contributed by atoms with Crippen molar-refractivity contribution in [2.75, 3.05) is 45.8 Å². The molecule has 2 N–H and O–H groups in total. The molecule has 2 heterocycles. The summed E-state index contributed by atoms with van der Waals surface area (Å²) in [6.07, 6.45) is 1.88. The quantitative estimate of drug-likeness (QED) is 0.688. The molecule has 0 aliphatic carbocycles. The first-order valence-electron chi connectivity index (χ1n) is 7.22. The first-order valence-corrected chi connectivity index (χ1v) is 7.22. The van der Waals surface area contributed by atoms with Gasteiger partial charge in [-0.2, -0.15) is 0 Å². The van der Waals surface area contributed by atoms with Crippen LogP contribution in [-0.2, 0) is 9.59 Å². The third-order valence-corrected chi connectivity index (χ3v) is 3.80. The van der Waals surface area contributed by atoms with Crippen LogP contribution in [0.3, 0.4) is 0 Å². The molecular weight excluding hydrogens is 244 g/mol. The molecule has 0 saturated carbocycles. The van der Waals surface area contributed by atoms with E-state index in [0.717, 1.165) is 45.6 Å². The fourth-order valence-electron chi connectivity index (χ4n) is 2.83. The lowest BCUT2D eigenvalue weighted by atomic mass is 10.1. The van der Waals surface area contributed by atoms with Gasteiger partial charge in [0.05, 0.1) is 12.6 Å². The third-order valence-electron chi connectivity index (χ3n) is 3.80. The molecule has 2 saturated heterocycles. The maximum Gasteiger partial charge on any atom is 0.240 e. The molecule has 2 rings (SSSR count). The van der Waals surface area contributed by atoms with E-state index in [0.29, 0.717) is 13.1 Å². The SMILES string of the molecule is CCNC(=O)CN1CCCC1C(=O)N1CCNCC1. The van der Waals surface area contributed by atoms with E-state index in [-0.39, 0.29) is 17.9 Å². The van der Waals surface area contributed by atoms with E-state index in [1.165, 1.54) is 0 Å². The second kappa shape index (κ2) is 6.86. The number of nitrogens with zero attached hydrogens (tertiary/aromatic N) is 2. The number of likely N-dealkylation sites (N-methyl/N-ethyl adjacent to an activating group) is 1. The van der Waals surface area contributed by atoms with E-state index in [2.05, 4.69) is 10.6 Å². The summed E-state index contributed by atoms with van der Waals surface area (Å²) in [5.74, 6) is 0.214. The number of piperazine rings is 1. The van der Waals surface area contributed by atoms with Crippen LogP contribution in [0, 0.1) is 0 Å². The van der Waals surface area contributed by atoms with E-state index >= 15 is 0 Å². The van der Waals surface area contributed by atoms with Crippen LogP contribution in [0.4, 0.5) is 0 Å². The van der Waals surface area contributed by atoms with Gasteiger partial charge in [0.2, 0.25) is 11.8 Å². The lowest BCUT2D eigenvalue weighted by Crippen LogP contribution is -2.53. The largest absolute Gasteiger partial charge is 0.355 e. The zero-order chi connectivity index (χ0) is 13.7. The highest BCUT2D eigenvalue weighted by Crippen LogP contribution is 2.19. The van der Waals surface area contributed by atoms with Crippen LogP contribution in [0.25, 0.3) is 0 Å². The number of carbonyl (C=O) groups excluding carboxylic acids is 2. The zero-order valence-corrected chi connectivity index (χ0v) is 11.7. The number of nitrogens with one attached hydrogen (secondary N) is 2. The predicted molar refractivity (Wildman–Crippen MR) is 72.7 cm³/mol. The van der Waals surface area contributed by atoms with Gasteiger partial charge in [0.1, 0.15) is 0 Å². The van der Waals surface area contributed by atoms with Crippen molar-refractivity contribution in [3.05, 3.63) is 0 Å². The second-order valence-corrected chi connectivity index (χ2v) is 5.16. The van der Waals surface area contributed by atoms with Crippen molar-refractivity contribution in [3.8, 4) is 0 Å². The van der Waals surface area contributed by atoms with Crippen LogP contribution >= 0.6 is 0 Å². The summed E-state index contributed by atoms with van der Waals surface area (Å²) in [4.78, 5) is 28.1. The van der Waals surface area contributed by atoms with Crippen molar-refractivity contribution in [3.63, 3.8) is 0 Å². The highest BCUT2D eigenvalue weighted by atomic mass is 16.2. The van der Waals surface area contributed by atoms with Crippen LogP contribution in [0.5, 0.6) is 0 Å². The molecule has 1 atom stereocenters. The Morgan fingerprint density at radius 1 is 1.26 bits per heavy atom. The highest BCUT2D eigenvalue weighted by molar-refractivity contribution is 5.84. The van der Waals surface area contributed by atoms with Crippen molar-refractivity contribution in [2.45, 2.75) is 25.8 Å². The van der Waals surface area contributed by atoms with Gasteiger partial charge in [-0.1, -0.05) is 0 Å². The molecule has 6 nitrogen and oxygen atoms in total. The molecule has 2 aliphatic heterocycles. The average molecular weight is 268 g/mol. The van der Waals surface area contributed by atoms with Gasteiger partial charge in [0, 0.05) is 32.7 Å². The second-order valence-electron chi connectivity index (χ2n) is 5.16. The fourth-order valence-corrected chi connectivity index (χ4v) is 2.83. The van der Waals surface area contributed by atoms with Crippen LogP contribution < -0.4 is 10.6 Å². The van der Waals surface area contributed by atoms with E-state index in [4.69, 9.17) is 0 Å². The molecule has 2 aliphatic rings. The molecule has 6 heteroatoms. The van der Waals surface area contributed by atoms with Gasteiger partial charge in [-0.05, 0) is 26.3 Å². The Balaban J connectivity index is 1.90. The Bertz CT molecular complexity index is 329. The van der Waals surface area contributed by atoms with Gasteiger partial charge in [-0.25, -0.2) is 0 Å². The monoisotopic (exact) mass is 268 g/mol. The van der Waals surface area contributed by atoms with Crippen LogP contribution in [0.1, 0.15) is 19.8 Å². The Morgan fingerprint density at radius 3 is 2.68 bits per heavy atom. The fraction of sp³-hybridized carbons (Fsp3) is 0.846. The van der Waals surface area contributed by atoms with Crippen LogP contribution in [-0.4, -0.2) is 73.5 Å². The smallest absolute Gasteiger partial charge is 0.240 e. The van der Waals surface area contributed by atoms with Crippen molar-refractivity contribution in [1.82, 2.24) is 20.4 Å². The molecule has 108 valence electrons. The summed E-state index contributed by atoms with van der Waals surface area (Å²) in [6, 6.07) is -0.0966. The Hall–Kier alpha value is -1.14. The predicted octanol–water partition coefficient (Wildman–Crippen LogP) is -0.981. The Labute approximate surface area is 114 Å². The molecule has 0 aromatic heterocycles. The molecule has 2 fully saturated rings. The molecule has 0 aromatic carbocycles. The summed E-state index contributed by atoms with van der Waals surface area (Å²) in [5.41, 5.74) is 0. The van der Waals surface area contributed by atoms with Gasteiger partial charge >= 0.3 is 0 Å². The van der Waals surface area contributed by atoms with E-state index in [9.17, 15) is 9.59 Å². The topological polar surface area (TPSA) is 64.7 Å². The first-order chi connectivity index (χ1) is 9.22. The normalized spacial score (nSPS) is 24.5. The van der Waals surface area contributed by atoms with E-state index in [1.54, 1.807) is 0 Å². The molecule has 0 spiro atoms. The third kappa shape index (κ3) is 3.67. The van der Waals surface area contributed by atoms with Gasteiger partial charge in [0.25, 0.3) is 0 Å². The summed E-state index contributed by atoms with van der Waals surface area (Å²) < 4.78 is 0. The maximum atomic E-state index is 12.5. The molecule has 1 unspecified atom stereocenters. The standard InChI is InChI=1S/C13H24N4O2/c1-2-15-12(18)10-17-7-3-4-11(17)13(19)16-8-5-14-6-9-16/h11,14H,2-10H2,1H3,(H,15,18). The number of amides is 2. The molecular formula is C13H24N4O2. The minimum Gasteiger partial charge on any atom is -0.355 e. The minimum atomic E-state index is -0.0966. The van der Waals surface area contributed by atoms with Gasteiger partial charge in [0.15, 0.2) is 0 Å². The van der Waals surface area contributed by atoms with E-state index < -0.39 is 0 Å². The zero-order valence-electron chi connectivity index (χ0n) is 11.7. The maximum absolute atomic E-state index is 12.5. The minimum absolute atomic E-state index is 0.0162. The van der Waals surface area contributed by atoms with Gasteiger partial charge in [-0.15, -0.1) is 0 Å². The summed E-state index contributed by atoms with van der Waals surface area (Å²) in [7, 11) is 0. The number of rotatable bonds is 4. The van der Waals surface area contributed by atoms with Crippen molar-refractivity contribution >= 4 is 11.8 Å². The van der Waals surface area contributed by atoms with Crippen LogP contribution in [0.15, 0.2) is 0 Å². The summed E-state index contributed by atoms with van der Waals surface area (Å²) in [5, 5.41) is 6.04. The molecule has 0 aromatic rings. The Morgan fingerprint density at radius 2 is 2.00 bits per heavy atom. The van der Waals surface area contributed by atoms with Crippen molar-refractivity contribution < 1.29 is 9.59 Å². The average Bonchev–Trinajstić information content (AvgIpc) is 2.87. The number of carbonyl (C=O) groups is 2. The van der Waals surface area contributed by atoms with Gasteiger partial charge in [-0.3, -0.25) is 14.5 Å². The summed E-state index contributed by atoms with van der Waals surface area (Å²) >= 11 is 0. The summed E-state index contributed by atoms with van der Waals surface area (Å²) in [6.45, 7) is 7.04. The molecule has 0 bridgehead atoms. The molecule has 2 amide bonds. The highest BCUT2D eigenvalue weighted by Gasteiger charge is 2.34. The Kier molecular flexibility index (Phi) is 5.15. The molecule has 0 radical (unpaired) electrons. The number of likely N-dealkylation sites (tertiary alicyclic amines) is 1. The lowest BCUT2D eigenvalue weighted by molar-refractivity contribution is -0.137. The lowest BCUT2D eigenvalue weighted by Gasteiger charge is -2.32. The number of hydrogen-bond acceptors (Lipinski definition) is 4. The van der Waals surface area contributed by atoms with Crippen LogP contribution in [0.2, 0.25) is 0 Å². The first kappa shape index (κ1) is 14.3. The van der Waals surface area contributed by atoms with E-state index in [1.807, 2.05) is 16.7 Å². The van der Waals surface area contributed by atoms with Crippen molar-refractivity contribution in [2.24, 2.45) is 0 Å².